The highest BCUT2D eigenvalue weighted by atomic mass is 16.3. The standard InChI is InChI=1S/C14H18N2O/c1-10-4-5-13(16-8-10)7-14(15-3)12-6-11(2)17-9-12/h4-6,8-9,14-15H,7H2,1-3H3. The molecule has 0 aliphatic rings. The van der Waals surface area contributed by atoms with Gasteiger partial charge in [-0.05, 0) is 38.6 Å². The van der Waals surface area contributed by atoms with Crippen LogP contribution in [0.15, 0.2) is 35.1 Å². The Morgan fingerprint density at radius 1 is 1.35 bits per heavy atom. The molecule has 3 heteroatoms. The first-order valence-electron chi connectivity index (χ1n) is 5.83. The first kappa shape index (κ1) is 11.9. The number of pyridine rings is 1. The van der Waals surface area contributed by atoms with Gasteiger partial charge < -0.3 is 9.73 Å². The zero-order chi connectivity index (χ0) is 12.3. The number of rotatable bonds is 4. The molecule has 2 aromatic heterocycles. The summed E-state index contributed by atoms with van der Waals surface area (Å²) < 4.78 is 5.34. The molecule has 17 heavy (non-hydrogen) atoms. The van der Waals surface area contributed by atoms with E-state index in [0.717, 1.165) is 17.9 Å². The molecule has 1 N–H and O–H groups in total. The minimum absolute atomic E-state index is 0.252. The van der Waals surface area contributed by atoms with Crippen molar-refractivity contribution in [3.63, 3.8) is 0 Å². The van der Waals surface area contributed by atoms with Crippen molar-refractivity contribution in [2.24, 2.45) is 0 Å². The van der Waals surface area contributed by atoms with Crippen LogP contribution in [0.5, 0.6) is 0 Å². The topological polar surface area (TPSA) is 38.1 Å². The van der Waals surface area contributed by atoms with Crippen LogP contribution in [0.2, 0.25) is 0 Å². The second-order valence-corrected chi connectivity index (χ2v) is 4.36. The number of hydrogen-bond acceptors (Lipinski definition) is 3. The van der Waals surface area contributed by atoms with Gasteiger partial charge in [-0.15, -0.1) is 0 Å². The smallest absolute Gasteiger partial charge is 0.101 e. The van der Waals surface area contributed by atoms with Gasteiger partial charge in [0.05, 0.1) is 6.26 Å². The van der Waals surface area contributed by atoms with E-state index in [4.69, 9.17) is 4.42 Å². The summed E-state index contributed by atoms with van der Waals surface area (Å²) in [6.07, 6.45) is 4.59. The van der Waals surface area contributed by atoms with Gasteiger partial charge in [-0.1, -0.05) is 6.07 Å². The maximum Gasteiger partial charge on any atom is 0.101 e. The summed E-state index contributed by atoms with van der Waals surface area (Å²) in [7, 11) is 1.96. The highest BCUT2D eigenvalue weighted by Crippen LogP contribution is 2.19. The van der Waals surface area contributed by atoms with E-state index in [1.54, 1.807) is 0 Å². The molecule has 0 saturated heterocycles. The Bertz CT molecular complexity index is 473. The molecular formula is C14H18N2O. The first-order valence-corrected chi connectivity index (χ1v) is 5.83. The van der Waals surface area contributed by atoms with Crippen molar-refractivity contribution in [2.45, 2.75) is 26.3 Å². The Labute approximate surface area is 102 Å². The fourth-order valence-corrected chi connectivity index (χ4v) is 1.86. The van der Waals surface area contributed by atoms with Gasteiger partial charge >= 0.3 is 0 Å². The fourth-order valence-electron chi connectivity index (χ4n) is 1.86. The van der Waals surface area contributed by atoms with E-state index in [0.29, 0.717) is 0 Å². The average molecular weight is 230 g/mol. The predicted octanol–water partition coefficient (Wildman–Crippen LogP) is 2.79. The van der Waals surface area contributed by atoms with Gasteiger partial charge in [0.2, 0.25) is 0 Å². The molecule has 0 fully saturated rings. The lowest BCUT2D eigenvalue weighted by atomic mass is 10.0. The normalized spacial score (nSPS) is 12.6. The van der Waals surface area contributed by atoms with Crippen molar-refractivity contribution < 1.29 is 4.42 Å². The molecule has 0 aliphatic carbocycles. The molecule has 2 rings (SSSR count). The quantitative estimate of drug-likeness (QED) is 0.877. The zero-order valence-electron chi connectivity index (χ0n) is 10.5. The number of nitrogens with zero attached hydrogens (tertiary/aromatic N) is 1. The molecule has 2 aromatic rings. The zero-order valence-corrected chi connectivity index (χ0v) is 10.5. The molecule has 0 amide bonds. The summed E-state index contributed by atoms with van der Waals surface area (Å²) in [6, 6.07) is 6.49. The minimum atomic E-state index is 0.252. The highest BCUT2D eigenvalue weighted by molar-refractivity contribution is 5.20. The Kier molecular flexibility index (Phi) is 3.59. The average Bonchev–Trinajstić information content (AvgIpc) is 2.75. The number of aryl methyl sites for hydroxylation is 2. The van der Waals surface area contributed by atoms with E-state index < -0.39 is 0 Å². The largest absolute Gasteiger partial charge is 0.469 e. The molecule has 0 spiro atoms. The SMILES string of the molecule is CNC(Cc1ccc(C)cn1)c1coc(C)c1. The van der Waals surface area contributed by atoms with Gasteiger partial charge in [-0.2, -0.15) is 0 Å². The predicted molar refractivity (Wildman–Crippen MR) is 67.9 cm³/mol. The number of aromatic nitrogens is 1. The Hall–Kier alpha value is -1.61. The third-order valence-corrected chi connectivity index (χ3v) is 2.89. The third kappa shape index (κ3) is 2.94. The molecule has 1 atom stereocenters. The molecule has 0 saturated carbocycles. The molecule has 0 bridgehead atoms. The summed E-state index contributed by atoms with van der Waals surface area (Å²) in [5.41, 5.74) is 3.45. The van der Waals surface area contributed by atoms with E-state index >= 15 is 0 Å². The van der Waals surface area contributed by atoms with E-state index in [1.807, 2.05) is 33.4 Å². The number of nitrogens with one attached hydrogen (secondary N) is 1. The van der Waals surface area contributed by atoms with Crippen molar-refractivity contribution in [2.75, 3.05) is 7.05 Å². The van der Waals surface area contributed by atoms with E-state index in [-0.39, 0.29) is 6.04 Å². The lowest BCUT2D eigenvalue weighted by Crippen LogP contribution is -2.18. The van der Waals surface area contributed by atoms with Crippen LogP contribution in [0.3, 0.4) is 0 Å². The maximum absolute atomic E-state index is 5.34. The second-order valence-electron chi connectivity index (χ2n) is 4.36. The van der Waals surface area contributed by atoms with E-state index in [2.05, 4.69) is 28.5 Å². The minimum Gasteiger partial charge on any atom is -0.469 e. The molecule has 0 aliphatic heterocycles. The van der Waals surface area contributed by atoms with Crippen molar-refractivity contribution in [1.29, 1.82) is 0 Å². The van der Waals surface area contributed by atoms with Crippen LogP contribution in [0, 0.1) is 13.8 Å². The lowest BCUT2D eigenvalue weighted by Gasteiger charge is -2.13. The summed E-state index contributed by atoms with van der Waals surface area (Å²) in [5.74, 6) is 0.942. The van der Waals surface area contributed by atoms with Crippen LogP contribution in [0.4, 0.5) is 0 Å². The van der Waals surface area contributed by atoms with Crippen LogP contribution in [0.1, 0.15) is 28.6 Å². The molecule has 3 nitrogen and oxygen atoms in total. The summed E-state index contributed by atoms with van der Waals surface area (Å²) in [5, 5.41) is 3.29. The Balaban J connectivity index is 2.12. The summed E-state index contributed by atoms with van der Waals surface area (Å²) in [6.45, 7) is 4.01. The van der Waals surface area contributed by atoms with Gasteiger partial charge in [0.1, 0.15) is 5.76 Å². The van der Waals surface area contributed by atoms with Crippen molar-refractivity contribution in [1.82, 2.24) is 10.3 Å². The van der Waals surface area contributed by atoms with Gasteiger partial charge in [-0.25, -0.2) is 0 Å². The monoisotopic (exact) mass is 230 g/mol. The molecule has 90 valence electrons. The Morgan fingerprint density at radius 2 is 2.18 bits per heavy atom. The van der Waals surface area contributed by atoms with Crippen molar-refractivity contribution in [3.8, 4) is 0 Å². The third-order valence-electron chi connectivity index (χ3n) is 2.89. The van der Waals surface area contributed by atoms with Crippen LogP contribution in [-0.4, -0.2) is 12.0 Å². The van der Waals surface area contributed by atoms with Crippen LogP contribution < -0.4 is 5.32 Å². The first-order chi connectivity index (χ1) is 8.19. The highest BCUT2D eigenvalue weighted by Gasteiger charge is 2.12. The molecule has 1 unspecified atom stereocenters. The van der Waals surface area contributed by atoms with Crippen LogP contribution >= 0.6 is 0 Å². The van der Waals surface area contributed by atoms with E-state index in [1.165, 1.54) is 11.1 Å². The van der Waals surface area contributed by atoms with Crippen molar-refractivity contribution in [3.05, 3.63) is 53.2 Å². The molecular weight excluding hydrogens is 212 g/mol. The molecule has 0 aromatic carbocycles. The fraction of sp³-hybridized carbons (Fsp3) is 0.357. The van der Waals surface area contributed by atoms with Gasteiger partial charge in [0, 0.05) is 29.9 Å². The number of likely N-dealkylation sites (N-methyl/N-ethyl adjacent to an activating group) is 1. The summed E-state index contributed by atoms with van der Waals surface area (Å²) in [4.78, 5) is 4.43. The molecule has 0 radical (unpaired) electrons. The maximum atomic E-state index is 5.34. The summed E-state index contributed by atoms with van der Waals surface area (Å²) >= 11 is 0. The van der Waals surface area contributed by atoms with Crippen LogP contribution in [-0.2, 0) is 6.42 Å². The van der Waals surface area contributed by atoms with Gasteiger partial charge in [0.25, 0.3) is 0 Å². The molecule has 2 heterocycles. The van der Waals surface area contributed by atoms with Crippen LogP contribution in [0.25, 0.3) is 0 Å². The van der Waals surface area contributed by atoms with Gasteiger partial charge in [0.15, 0.2) is 0 Å². The number of hydrogen-bond donors (Lipinski definition) is 1. The van der Waals surface area contributed by atoms with Crippen molar-refractivity contribution >= 4 is 0 Å². The van der Waals surface area contributed by atoms with E-state index in [9.17, 15) is 0 Å². The lowest BCUT2D eigenvalue weighted by molar-refractivity contribution is 0.519. The second kappa shape index (κ2) is 5.15. The number of furan rings is 1. The Morgan fingerprint density at radius 3 is 2.71 bits per heavy atom. The van der Waals surface area contributed by atoms with Gasteiger partial charge in [-0.3, -0.25) is 4.98 Å².